The summed E-state index contributed by atoms with van der Waals surface area (Å²) in [6.45, 7) is 2.26. The number of hydrogen-bond donors (Lipinski definition) is 1. The molecule has 1 N–H and O–H groups in total. The standard InChI is InChI=1S/C26H37N5O2S/c1-19-10-9-11-20(16-19)25(33)27-17-23-28-29-26(30(23)2)34-18-24(32)31(21-12-5-3-6-13-21)22-14-7-4-8-15-22/h9-11,16,21-22H,3-8,12-15,17-18H2,1-2H3,(H,27,33). The molecular weight excluding hydrogens is 446 g/mol. The van der Waals surface area contributed by atoms with Crippen molar-refractivity contribution >= 4 is 23.6 Å². The van der Waals surface area contributed by atoms with Gasteiger partial charge in [-0.2, -0.15) is 0 Å². The topological polar surface area (TPSA) is 80.1 Å². The highest BCUT2D eigenvalue weighted by Gasteiger charge is 2.32. The first-order valence-corrected chi connectivity index (χ1v) is 13.7. The Balaban J connectivity index is 1.35. The second-order valence-electron chi connectivity index (χ2n) is 9.68. The van der Waals surface area contributed by atoms with E-state index in [0.717, 1.165) is 31.2 Å². The minimum atomic E-state index is -0.133. The Bertz CT molecular complexity index is 961. The van der Waals surface area contributed by atoms with E-state index in [1.807, 2.05) is 36.7 Å². The molecule has 0 spiro atoms. The molecule has 2 fully saturated rings. The molecule has 7 nitrogen and oxygen atoms in total. The summed E-state index contributed by atoms with van der Waals surface area (Å²) >= 11 is 1.45. The highest BCUT2D eigenvalue weighted by Crippen LogP contribution is 2.31. The fraction of sp³-hybridized carbons (Fsp3) is 0.615. The third-order valence-corrected chi connectivity index (χ3v) is 8.17. The van der Waals surface area contributed by atoms with E-state index in [1.165, 1.54) is 50.3 Å². The number of hydrogen-bond acceptors (Lipinski definition) is 5. The summed E-state index contributed by atoms with van der Waals surface area (Å²) in [6.07, 6.45) is 12.1. The van der Waals surface area contributed by atoms with Gasteiger partial charge in [0.2, 0.25) is 5.91 Å². The molecule has 2 aliphatic rings. The molecule has 1 aromatic heterocycles. The average molecular weight is 484 g/mol. The zero-order valence-corrected chi connectivity index (χ0v) is 21.3. The second kappa shape index (κ2) is 11.9. The number of amides is 2. The maximum absolute atomic E-state index is 13.4. The molecule has 184 valence electrons. The molecule has 1 heterocycles. The summed E-state index contributed by atoms with van der Waals surface area (Å²) < 4.78 is 1.88. The lowest BCUT2D eigenvalue weighted by Crippen LogP contribution is -2.49. The predicted molar refractivity (Wildman–Crippen MR) is 135 cm³/mol. The predicted octanol–water partition coefficient (Wildman–Crippen LogP) is 4.64. The monoisotopic (exact) mass is 483 g/mol. The molecule has 0 atom stereocenters. The molecule has 2 saturated carbocycles. The molecule has 2 aliphatic carbocycles. The van der Waals surface area contributed by atoms with E-state index >= 15 is 0 Å². The number of nitrogens with one attached hydrogen (secondary N) is 1. The Morgan fingerprint density at radius 3 is 2.29 bits per heavy atom. The van der Waals surface area contributed by atoms with E-state index in [0.29, 0.717) is 40.9 Å². The fourth-order valence-electron chi connectivity index (χ4n) is 5.30. The van der Waals surface area contributed by atoms with Crippen LogP contribution in [-0.2, 0) is 18.4 Å². The summed E-state index contributed by atoms with van der Waals surface area (Å²) in [5.41, 5.74) is 1.68. The minimum absolute atomic E-state index is 0.133. The fourth-order valence-corrected chi connectivity index (χ4v) is 6.10. The van der Waals surface area contributed by atoms with E-state index in [9.17, 15) is 9.59 Å². The number of rotatable bonds is 8. The van der Waals surface area contributed by atoms with E-state index in [-0.39, 0.29) is 11.8 Å². The van der Waals surface area contributed by atoms with Crippen molar-refractivity contribution in [3.63, 3.8) is 0 Å². The highest BCUT2D eigenvalue weighted by atomic mass is 32.2. The Hall–Kier alpha value is -2.35. The summed E-state index contributed by atoms with van der Waals surface area (Å²) in [4.78, 5) is 28.1. The number of aryl methyl sites for hydroxylation is 1. The zero-order chi connectivity index (χ0) is 23.9. The van der Waals surface area contributed by atoms with Crippen molar-refractivity contribution in [3.05, 3.63) is 41.2 Å². The van der Waals surface area contributed by atoms with E-state index in [2.05, 4.69) is 20.4 Å². The van der Waals surface area contributed by atoms with Crippen molar-refractivity contribution in [3.8, 4) is 0 Å². The first kappa shape index (κ1) is 24.8. The van der Waals surface area contributed by atoms with Gasteiger partial charge in [0.05, 0.1) is 12.3 Å². The number of carbonyl (C=O) groups is 2. The van der Waals surface area contributed by atoms with Gasteiger partial charge >= 0.3 is 0 Å². The molecular formula is C26H37N5O2S. The van der Waals surface area contributed by atoms with Gasteiger partial charge < -0.3 is 14.8 Å². The number of aromatic nitrogens is 3. The lowest BCUT2D eigenvalue weighted by Gasteiger charge is -2.41. The molecule has 0 saturated heterocycles. The SMILES string of the molecule is Cc1cccc(C(=O)NCc2nnc(SCC(=O)N(C3CCCCC3)C3CCCCC3)n2C)c1. The van der Waals surface area contributed by atoms with Gasteiger partial charge in [-0.3, -0.25) is 9.59 Å². The lowest BCUT2D eigenvalue weighted by molar-refractivity contribution is -0.135. The Morgan fingerprint density at radius 2 is 1.68 bits per heavy atom. The van der Waals surface area contributed by atoms with Crippen LogP contribution in [0, 0.1) is 6.92 Å². The zero-order valence-electron chi connectivity index (χ0n) is 20.5. The largest absolute Gasteiger partial charge is 0.345 e. The van der Waals surface area contributed by atoms with Gasteiger partial charge in [-0.25, -0.2) is 0 Å². The van der Waals surface area contributed by atoms with Crippen LogP contribution in [-0.4, -0.2) is 49.3 Å². The average Bonchev–Trinajstić information content (AvgIpc) is 3.22. The quantitative estimate of drug-likeness (QED) is 0.553. The maximum atomic E-state index is 13.4. The Morgan fingerprint density at radius 1 is 1.03 bits per heavy atom. The van der Waals surface area contributed by atoms with Crippen molar-refractivity contribution < 1.29 is 9.59 Å². The van der Waals surface area contributed by atoms with Gasteiger partial charge in [-0.05, 0) is 44.7 Å². The first-order chi connectivity index (χ1) is 16.5. The molecule has 0 unspecified atom stereocenters. The second-order valence-corrected chi connectivity index (χ2v) is 10.6. The van der Waals surface area contributed by atoms with Crippen molar-refractivity contribution in [2.45, 2.75) is 94.9 Å². The van der Waals surface area contributed by atoms with Crippen LogP contribution >= 0.6 is 11.8 Å². The summed E-state index contributed by atoms with van der Waals surface area (Å²) in [5.74, 6) is 1.16. The number of carbonyl (C=O) groups excluding carboxylic acids is 2. The van der Waals surface area contributed by atoms with Crippen molar-refractivity contribution in [1.82, 2.24) is 25.0 Å². The number of nitrogens with zero attached hydrogens (tertiary/aromatic N) is 4. The van der Waals surface area contributed by atoms with Gasteiger partial charge in [0.1, 0.15) is 0 Å². The lowest BCUT2D eigenvalue weighted by atomic mass is 9.88. The van der Waals surface area contributed by atoms with E-state index in [4.69, 9.17) is 0 Å². The van der Waals surface area contributed by atoms with Gasteiger partial charge in [-0.15, -0.1) is 10.2 Å². The van der Waals surface area contributed by atoms with Gasteiger partial charge in [0.25, 0.3) is 5.91 Å². The third kappa shape index (κ3) is 6.20. The molecule has 4 rings (SSSR count). The molecule has 2 amide bonds. The van der Waals surface area contributed by atoms with Crippen LogP contribution < -0.4 is 5.32 Å². The van der Waals surface area contributed by atoms with E-state index < -0.39 is 0 Å². The van der Waals surface area contributed by atoms with Crippen LogP contribution in [0.25, 0.3) is 0 Å². The molecule has 8 heteroatoms. The Labute approximate surface area is 207 Å². The summed E-state index contributed by atoms with van der Waals surface area (Å²) in [6, 6.07) is 8.31. The van der Waals surface area contributed by atoms with Crippen LogP contribution in [0.5, 0.6) is 0 Å². The number of benzene rings is 1. The summed E-state index contributed by atoms with van der Waals surface area (Å²) in [7, 11) is 1.89. The first-order valence-electron chi connectivity index (χ1n) is 12.7. The van der Waals surface area contributed by atoms with Crippen LogP contribution in [0.4, 0.5) is 0 Å². The van der Waals surface area contributed by atoms with Crippen molar-refractivity contribution in [2.75, 3.05) is 5.75 Å². The van der Waals surface area contributed by atoms with Gasteiger partial charge in [0.15, 0.2) is 11.0 Å². The molecule has 0 radical (unpaired) electrons. The highest BCUT2D eigenvalue weighted by molar-refractivity contribution is 7.99. The molecule has 1 aromatic carbocycles. The molecule has 2 aromatic rings. The minimum Gasteiger partial charge on any atom is -0.345 e. The molecule has 0 aliphatic heterocycles. The van der Waals surface area contributed by atoms with E-state index in [1.54, 1.807) is 6.07 Å². The van der Waals surface area contributed by atoms with Crippen LogP contribution in [0.3, 0.4) is 0 Å². The van der Waals surface area contributed by atoms with Crippen LogP contribution in [0.15, 0.2) is 29.4 Å². The van der Waals surface area contributed by atoms with Gasteiger partial charge in [-0.1, -0.05) is 68.0 Å². The number of thioether (sulfide) groups is 1. The smallest absolute Gasteiger partial charge is 0.251 e. The van der Waals surface area contributed by atoms with Crippen LogP contribution in [0.1, 0.15) is 86.0 Å². The van der Waals surface area contributed by atoms with Crippen molar-refractivity contribution in [1.29, 1.82) is 0 Å². The normalized spacial score (nSPS) is 17.5. The molecule has 34 heavy (non-hydrogen) atoms. The van der Waals surface area contributed by atoms with Gasteiger partial charge in [0, 0.05) is 24.7 Å². The molecule has 0 bridgehead atoms. The maximum Gasteiger partial charge on any atom is 0.251 e. The summed E-state index contributed by atoms with van der Waals surface area (Å²) in [5, 5.41) is 12.2. The van der Waals surface area contributed by atoms with Crippen molar-refractivity contribution in [2.24, 2.45) is 7.05 Å². The third-order valence-electron chi connectivity index (χ3n) is 7.16. The van der Waals surface area contributed by atoms with Crippen LogP contribution in [0.2, 0.25) is 0 Å². The Kier molecular flexibility index (Phi) is 8.64.